The summed E-state index contributed by atoms with van der Waals surface area (Å²) in [5, 5.41) is 5.70. The second kappa shape index (κ2) is 10.5. The van der Waals surface area contributed by atoms with Gasteiger partial charge in [-0.15, -0.1) is 0 Å². The predicted molar refractivity (Wildman–Crippen MR) is 137 cm³/mol. The largest absolute Gasteiger partial charge is 0.489 e. The van der Waals surface area contributed by atoms with Gasteiger partial charge in [0.25, 0.3) is 0 Å². The lowest BCUT2D eigenvalue weighted by atomic mass is 9.97. The highest BCUT2D eigenvalue weighted by molar-refractivity contribution is 5.95. The molecule has 0 radical (unpaired) electrons. The van der Waals surface area contributed by atoms with E-state index in [2.05, 4.69) is 0 Å². The molecule has 0 amide bonds. The number of hydrogen-bond donors (Lipinski definition) is 1. The quantitative estimate of drug-likeness (QED) is 0.303. The summed E-state index contributed by atoms with van der Waals surface area (Å²) < 4.78 is 28.6. The van der Waals surface area contributed by atoms with Gasteiger partial charge in [-0.1, -0.05) is 36.4 Å². The van der Waals surface area contributed by atoms with Gasteiger partial charge in [-0.3, -0.25) is 9.48 Å². The molecule has 1 aliphatic rings. The maximum Gasteiger partial charge on any atom is 0.310 e. The van der Waals surface area contributed by atoms with Crippen LogP contribution in [-0.2, 0) is 35.6 Å². The van der Waals surface area contributed by atoms with Gasteiger partial charge in [0.05, 0.1) is 18.5 Å². The van der Waals surface area contributed by atoms with Gasteiger partial charge in [0, 0.05) is 41.4 Å². The van der Waals surface area contributed by atoms with Crippen LogP contribution in [0.3, 0.4) is 0 Å². The highest BCUT2D eigenvalue weighted by Gasteiger charge is 2.23. The third-order valence-corrected chi connectivity index (χ3v) is 6.47. The number of hydrogen-bond acceptors (Lipinski definition) is 5. The van der Waals surface area contributed by atoms with Crippen LogP contribution in [0, 0.1) is 11.7 Å². The zero-order valence-electron chi connectivity index (χ0n) is 20.4. The molecule has 1 aromatic heterocycles. The molecule has 2 N–H and O–H groups in total. The highest BCUT2D eigenvalue weighted by Crippen LogP contribution is 2.35. The SMILES string of the molecule is CCOC(=O)Cc1ccccc1OCc1cc(-c2cccc(CN)c2F)c2cn(CC3CC3)nc2c1. The minimum atomic E-state index is -0.311. The number of carbonyl (C=O) groups excluding carboxylic acids is 1. The Balaban J connectivity index is 1.49. The summed E-state index contributed by atoms with van der Waals surface area (Å²) in [5.74, 6) is 0.671. The molecule has 0 aliphatic heterocycles. The van der Waals surface area contributed by atoms with Crippen LogP contribution in [0.4, 0.5) is 4.39 Å². The van der Waals surface area contributed by atoms with Crippen molar-refractivity contribution in [1.82, 2.24) is 9.78 Å². The van der Waals surface area contributed by atoms with Crippen molar-refractivity contribution in [3.05, 3.63) is 83.3 Å². The second-order valence-electron chi connectivity index (χ2n) is 9.23. The molecule has 4 aromatic rings. The van der Waals surface area contributed by atoms with Crippen LogP contribution in [0.2, 0.25) is 0 Å². The van der Waals surface area contributed by atoms with Gasteiger partial charge in [0.2, 0.25) is 0 Å². The lowest BCUT2D eigenvalue weighted by Crippen LogP contribution is -2.09. The predicted octanol–water partition coefficient (Wildman–Crippen LogP) is 5.40. The first-order chi connectivity index (χ1) is 17.6. The van der Waals surface area contributed by atoms with Crippen molar-refractivity contribution >= 4 is 16.9 Å². The minimum absolute atomic E-state index is 0.129. The number of ether oxygens (including phenoxy) is 2. The van der Waals surface area contributed by atoms with Crippen LogP contribution in [0.5, 0.6) is 5.75 Å². The summed E-state index contributed by atoms with van der Waals surface area (Å²) in [4.78, 5) is 12.0. The highest BCUT2D eigenvalue weighted by atomic mass is 19.1. The molecule has 0 unspecified atom stereocenters. The van der Waals surface area contributed by atoms with E-state index < -0.39 is 0 Å². The Morgan fingerprint density at radius 1 is 1.11 bits per heavy atom. The van der Waals surface area contributed by atoms with Gasteiger partial charge in [0.1, 0.15) is 18.2 Å². The lowest BCUT2D eigenvalue weighted by Gasteiger charge is -2.13. The lowest BCUT2D eigenvalue weighted by molar-refractivity contribution is -0.142. The molecule has 0 saturated heterocycles. The summed E-state index contributed by atoms with van der Waals surface area (Å²) in [6, 6.07) is 16.7. The number of carbonyl (C=O) groups is 1. The molecule has 1 saturated carbocycles. The zero-order chi connectivity index (χ0) is 25.1. The van der Waals surface area contributed by atoms with Crippen LogP contribution in [0.15, 0.2) is 60.8 Å². The number of halogens is 1. The molecule has 0 bridgehead atoms. The molecule has 0 spiro atoms. The molecule has 7 heteroatoms. The molecular weight excluding hydrogens is 457 g/mol. The molecular formula is C29H30FN3O3. The van der Waals surface area contributed by atoms with Gasteiger partial charge in [-0.25, -0.2) is 4.39 Å². The first kappa shape index (κ1) is 24.0. The number of esters is 1. The van der Waals surface area contributed by atoms with Crippen molar-refractivity contribution in [2.24, 2.45) is 11.7 Å². The van der Waals surface area contributed by atoms with E-state index in [0.29, 0.717) is 29.4 Å². The molecule has 5 rings (SSSR count). The van der Waals surface area contributed by atoms with Gasteiger partial charge in [0.15, 0.2) is 0 Å². The van der Waals surface area contributed by atoms with Gasteiger partial charge in [-0.05, 0) is 55.0 Å². The fourth-order valence-electron chi connectivity index (χ4n) is 4.46. The average Bonchev–Trinajstić information content (AvgIpc) is 3.59. The monoisotopic (exact) mass is 487 g/mol. The number of nitrogens with zero attached hydrogens (tertiary/aromatic N) is 2. The topological polar surface area (TPSA) is 79.4 Å². The Kier molecular flexibility index (Phi) is 7.00. The third kappa shape index (κ3) is 5.26. The van der Waals surface area contributed by atoms with Gasteiger partial charge >= 0.3 is 5.97 Å². The Labute approximate surface area is 209 Å². The van der Waals surface area contributed by atoms with Crippen LogP contribution in [-0.4, -0.2) is 22.4 Å². The number of aromatic nitrogens is 2. The number of fused-ring (bicyclic) bond motifs is 1. The minimum Gasteiger partial charge on any atom is -0.489 e. The van der Waals surface area contributed by atoms with Crippen molar-refractivity contribution in [3.63, 3.8) is 0 Å². The Hall–Kier alpha value is -3.71. The van der Waals surface area contributed by atoms with Crippen LogP contribution >= 0.6 is 0 Å². The summed E-state index contributed by atoms with van der Waals surface area (Å²) >= 11 is 0. The Morgan fingerprint density at radius 3 is 2.69 bits per heavy atom. The van der Waals surface area contributed by atoms with E-state index in [9.17, 15) is 4.79 Å². The van der Waals surface area contributed by atoms with Crippen LogP contribution in [0.25, 0.3) is 22.0 Å². The summed E-state index contributed by atoms with van der Waals surface area (Å²) in [6.45, 7) is 3.36. The van der Waals surface area contributed by atoms with Gasteiger partial charge < -0.3 is 15.2 Å². The fourth-order valence-corrected chi connectivity index (χ4v) is 4.46. The van der Waals surface area contributed by atoms with E-state index in [1.165, 1.54) is 12.8 Å². The zero-order valence-corrected chi connectivity index (χ0v) is 20.4. The normalized spacial score (nSPS) is 13.2. The molecule has 36 heavy (non-hydrogen) atoms. The van der Waals surface area contributed by atoms with E-state index in [-0.39, 0.29) is 31.4 Å². The van der Waals surface area contributed by atoms with Crippen LogP contribution < -0.4 is 10.5 Å². The van der Waals surface area contributed by atoms with Crippen molar-refractivity contribution in [2.45, 2.75) is 45.9 Å². The number of para-hydroxylation sites is 1. The van der Waals surface area contributed by atoms with E-state index in [1.54, 1.807) is 19.1 Å². The summed E-state index contributed by atoms with van der Waals surface area (Å²) in [6.07, 6.45) is 4.59. The maximum atomic E-state index is 15.4. The number of rotatable bonds is 10. The Bertz CT molecular complexity index is 1390. The standard InChI is InChI=1S/C29H30FN3O3/c1-2-35-28(34)14-21-6-3-4-9-27(21)36-18-20-12-24(23-8-5-7-22(15-31)29(23)30)25-17-33(16-19-10-11-19)32-26(25)13-20/h3-9,12-13,17,19H,2,10-11,14-16,18,31H2,1H3. The smallest absolute Gasteiger partial charge is 0.310 e. The van der Waals surface area contributed by atoms with Crippen molar-refractivity contribution in [3.8, 4) is 16.9 Å². The molecule has 1 heterocycles. The molecule has 1 fully saturated rings. The van der Waals surface area contributed by atoms with Crippen molar-refractivity contribution in [2.75, 3.05) is 6.61 Å². The van der Waals surface area contributed by atoms with Crippen molar-refractivity contribution < 1.29 is 18.7 Å². The summed E-state index contributed by atoms with van der Waals surface area (Å²) in [5.41, 5.74) is 9.92. The molecule has 6 nitrogen and oxygen atoms in total. The maximum absolute atomic E-state index is 15.4. The number of benzene rings is 3. The first-order valence-corrected chi connectivity index (χ1v) is 12.4. The van der Waals surface area contributed by atoms with E-state index in [4.69, 9.17) is 20.3 Å². The molecule has 3 aromatic carbocycles. The molecule has 1 aliphatic carbocycles. The second-order valence-corrected chi connectivity index (χ2v) is 9.23. The summed E-state index contributed by atoms with van der Waals surface area (Å²) in [7, 11) is 0. The Morgan fingerprint density at radius 2 is 1.92 bits per heavy atom. The molecule has 0 atom stereocenters. The van der Waals surface area contributed by atoms with Crippen LogP contribution in [0.1, 0.15) is 36.5 Å². The van der Waals surface area contributed by atoms with E-state index in [1.807, 2.05) is 53.3 Å². The average molecular weight is 488 g/mol. The first-order valence-electron chi connectivity index (χ1n) is 12.4. The fraction of sp³-hybridized carbons (Fsp3) is 0.310. The van der Waals surface area contributed by atoms with Crippen molar-refractivity contribution in [1.29, 1.82) is 0 Å². The van der Waals surface area contributed by atoms with E-state index >= 15 is 4.39 Å². The van der Waals surface area contributed by atoms with Gasteiger partial charge in [-0.2, -0.15) is 5.10 Å². The molecule has 186 valence electrons. The number of nitrogens with two attached hydrogens (primary N) is 1. The third-order valence-electron chi connectivity index (χ3n) is 6.47. The van der Waals surface area contributed by atoms with E-state index in [0.717, 1.165) is 34.1 Å².